The molecule has 0 unspecified atom stereocenters. The topological polar surface area (TPSA) is 18.5 Å². The highest BCUT2D eigenvalue weighted by atomic mass is 32.1. The maximum Gasteiger partial charge on any atom is 0.182 e. The van der Waals surface area contributed by atoms with Crippen LogP contribution in [-0.2, 0) is 0 Å². The van der Waals surface area contributed by atoms with E-state index in [-0.39, 0.29) is 11.5 Å². The minimum Gasteiger partial charge on any atom is -0.491 e. The number of ether oxygens (including phenoxy) is 2. The third-order valence-corrected chi connectivity index (χ3v) is 5.38. The van der Waals surface area contributed by atoms with Gasteiger partial charge in [-0.2, -0.15) is 0 Å². The predicted molar refractivity (Wildman–Crippen MR) is 100 cm³/mol. The van der Waals surface area contributed by atoms with Crippen molar-refractivity contribution in [2.75, 3.05) is 13.2 Å². The molecule has 2 aromatic carbocycles. The van der Waals surface area contributed by atoms with Crippen LogP contribution in [0, 0.1) is 11.6 Å². The van der Waals surface area contributed by atoms with Gasteiger partial charge in [0, 0.05) is 10.8 Å². The molecular weight excluding hydrogens is 342 g/mol. The molecule has 0 amide bonds. The van der Waals surface area contributed by atoms with Gasteiger partial charge in [-0.25, -0.2) is 8.78 Å². The van der Waals surface area contributed by atoms with Gasteiger partial charge in [0.15, 0.2) is 23.1 Å². The summed E-state index contributed by atoms with van der Waals surface area (Å²) in [7, 11) is 0. The monoisotopic (exact) mass is 364 g/mol. The zero-order valence-corrected chi connectivity index (χ0v) is 15.3. The Kier molecular flexibility index (Phi) is 5.74. The maximum atomic E-state index is 14.8. The molecule has 0 spiro atoms. The van der Waals surface area contributed by atoms with Crippen molar-refractivity contribution in [3.05, 3.63) is 35.9 Å². The quantitative estimate of drug-likeness (QED) is 0.415. The van der Waals surface area contributed by atoms with Crippen LogP contribution in [0.25, 0.3) is 20.2 Å². The first-order valence-corrected chi connectivity index (χ1v) is 9.57. The number of hydrogen-bond acceptors (Lipinski definition) is 3. The van der Waals surface area contributed by atoms with Crippen molar-refractivity contribution in [3.8, 4) is 11.5 Å². The molecule has 5 heteroatoms. The molecule has 1 aromatic heterocycles. The molecule has 0 N–H and O–H groups in total. The summed E-state index contributed by atoms with van der Waals surface area (Å²) in [6, 6.07) is 6.83. The summed E-state index contributed by atoms with van der Waals surface area (Å²) < 4.78 is 41.1. The second-order valence-corrected chi connectivity index (χ2v) is 6.97. The van der Waals surface area contributed by atoms with Crippen LogP contribution in [0.1, 0.15) is 39.5 Å². The van der Waals surface area contributed by atoms with Crippen LogP contribution in [0.15, 0.2) is 24.3 Å². The van der Waals surface area contributed by atoms with Gasteiger partial charge in [-0.1, -0.05) is 26.2 Å². The number of hydrogen-bond donors (Lipinski definition) is 0. The average Bonchev–Trinajstić information content (AvgIpc) is 2.99. The number of halogens is 2. The van der Waals surface area contributed by atoms with Crippen molar-refractivity contribution in [3.63, 3.8) is 0 Å². The molecule has 0 saturated carbocycles. The minimum absolute atomic E-state index is 0.203. The Labute approximate surface area is 150 Å². The van der Waals surface area contributed by atoms with Crippen LogP contribution >= 0.6 is 11.3 Å². The third kappa shape index (κ3) is 3.56. The fourth-order valence-corrected chi connectivity index (χ4v) is 4.05. The smallest absolute Gasteiger partial charge is 0.182 e. The number of unbranched alkanes of at least 4 members (excludes halogenated alkanes) is 3. The van der Waals surface area contributed by atoms with Gasteiger partial charge in [-0.05, 0) is 37.6 Å². The van der Waals surface area contributed by atoms with Crippen LogP contribution in [0.5, 0.6) is 11.5 Å². The molecule has 0 fully saturated rings. The molecule has 0 aliphatic rings. The van der Waals surface area contributed by atoms with E-state index < -0.39 is 11.6 Å². The van der Waals surface area contributed by atoms with Gasteiger partial charge in [0.25, 0.3) is 0 Å². The van der Waals surface area contributed by atoms with E-state index in [1.807, 2.05) is 0 Å². The highest BCUT2D eigenvalue weighted by molar-refractivity contribution is 7.25. The van der Waals surface area contributed by atoms with E-state index in [1.54, 1.807) is 31.2 Å². The molecule has 0 atom stereocenters. The van der Waals surface area contributed by atoms with Gasteiger partial charge >= 0.3 is 0 Å². The summed E-state index contributed by atoms with van der Waals surface area (Å²) in [4.78, 5) is 0. The molecule has 2 nitrogen and oxygen atoms in total. The zero-order valence-electron chi connectivity index (χ0n) is 14.5. The Balaban J connectivity index is 1.92. The van der Waals surface area contributed by atoms with E-state index >= 15 is 0 Å². The lowest BCUT2D eigenvalue weighted by atomic mass is 10.1. The minimum atomic E-state index is -0.429. The van der Waals surface area contributed by atoms with Crippen LogP contribution in [0.2, 0.25) is 0 Å². The normalized spacial score (nSPS) is 11.4. The summed E-state index contributed by atoms with van der Waals surface area (Å²) in [5, 5.41) is 1.41. The van der Waals surface area contributed by atoms with Gasteiger partial charge in [-0.15, -0.1) is 11.3 Å². The third-order valence-electron chi connectivity index (χ3n) is 4.17. The molecular formula is C20H22F2O2S. The largest absolute Gasteiger partial charge is 0.491 e. The molecule has 3 aromatic rings. The molecule has 0 aliphatic carbocycles. The SMILES string of the molecule is CCCCCCOc1ccc2c(sc3c(F)c(OCC)ccc32)c1F. The Morgan fingerprint density at radius 2 is 1.40 bits per heavy atom. The molecule has 3 rings (SSSR count). The highest BCUT2D eigenvalue weighted by Crippen LogP contribution is 2.41. The Bertz CT molecular complexity index is 873. The number of rotatable bonds is 8. The fraction of sp³-hybridized carbons (Fsp3) is 0.400. The molecule has 134 valence electrons. The number of thiophene rings is 1. The van der Waals surface area contributed by atoms with Gasteiger partial charge in [0.05, 0.1) is 22.6 Å². The first-order chi connectivity index (χ1) is 12.2. The van der Waals surface area contributed by atoms with Gasteiger partial charge < -0.3 is 9.47 Å². The van der Waals surface area contributed by atoms with E-state index in [0.29, 0.717) is 33.4 Å². The second kappa shape index (κ2) is 8.00. The van der Waals surface area contributed by atoms with Gasteiger partial charge in [0.1, 0.15) is 0 Å². The van der Waals surface area contributed by atoms with E-state index in [0.717, 1.165) is 37.0 Å². The molecule has 0 aliphatic heterocycles. The van der Waals surface area contributed by atoms with Crippen molar-refractivity contribution < 1.29 is 18.3 Å². The zero-order chi connectivity index (χ0) is 17.8. The summed E-state index contributed by atoms with van der Waals surface area (Å²) in [5.41, 5.74) is 0. The maximum absolute atomic E-state index is 14.8. The van der Waals surface area contributed by atoms with Crippen molar-refractivity contribution in [2.24, 2.45) is 0 Å². The summed E-state index contributed by atoms with van der Waals surface area (Å²) in [6.45, 7) is 4.83. The van der Waals surface area contributed by atoms with Crippen molar-refractivity contribution >= 4 is 31.5 Å². The number of benzene rings is 2. The van der Waals surface area contributed by atoms with Gasteiger partial charge in [0.2, 0.25) is 0 Å². The van der Waals surface area contributed by atoms with Crippen LogP contribution in [0.4, 0.5) is 8.78 Å². The Morgan fingerprint density at radius 3 is 1.96 bits per heavy atom. The molecule has 0 saturated heterocycles. The average molecular weight is 364 g/mol. The number of fused-ring (bicyclic) bond motifs is 3. The lowest BCUT2D eigenvalue weighted by molar-refractivity contribution is 0.292. The second-order valence-electron chi connectivity index (χ2n) is 5.95. The standard InChI is InChI=1S/C20H22F2O2S/c1-3-5-6-7-12-24-16-11-9-14-13-8-10-15(23-4-2)17(21)19(13)25-20(14)18(16)22/h8-11H,3-7,12H2,1-2H3. The van der Waals surface area contributed by atoms with E-state index in [9.17, 15) is 8.78 Å². The summed E-state index contributed by atoms with van der Waals surface area (Å²) in [5.74, 6) is -0.399. The predicted octanol–water partition coefficient (Wildman–Crippen LogP) is 6.69. The first-order valence-electron chi connectivity index (χ1n) is 8.76. The van der Waals surface area contributed by atoms with Crippen molar-refractivity contribution in [1.82, 2.24) is 0 Å². The summed E-state index contributed by atoms with van der Waals surface area (Å²) >= 11 is 1.11. The van der Waals surface area contributed by atoms with E-state index in [1.165, 1.54) is 0 Å². The lowest BCUT2D eigenvalue weighted by Gasteiger charge is -2.07. The molecule has 0 radical (unpaired) electrons. The molecule has 25 heavy (non-hydrogen) atoms. The van der Waals surface area contributed by atoms with Crippen molar-refractivity contribution in [1.29, 1.82) is 0 Å². The lowest BCUT2D eigenvalue weighted by Crippen LogP contribution is -1.99. The van der Waals surface area contributed by atoms with E-state index in [2.05, 4.69) is 6.92 Å². The molecule has 1 heterocycles. The fourth-order valence-electron chi connectivity index (χ4n) is 2.89. The van der Waals surface area contributed by atoms with Crippen molar-refractivity contribution in [2.45, 2.75) is 39.5 Å². The van der Waals surface area contributed by atoms with Gasteiger partial charge in [-0.3, -0.25) is 0 Å². The molecule has 0 bridgehead atoms. The van der Waals surface area contributed by atoms with Crippen LogP contribution in [0.3, 0.4) is 0 Å². The summed E-state index contributed by atoms with van der Waals surface area (Å²) in [6.07, 6.45) is 4.29. The van der Waals surface area contributed by atoms with Crippen LogP contribution < -0.4 is 9.47 Å². The first kappa shape index (κ1) is 17.9. The highest BCUT2D eigenvalue weighted by Gasteiger charge is 2.18. The Hall–Kier alpha value is -1.88. The van der Waals surface area contributed by atoms with Crippen LogP contribution in [-0.4, -0.2) is 13.2 Å². The van der Waals surface area contributed by atoms with E-state index in [4.69, 9.17) is 9.47 Å². The Morgan fingerprint density at radius 1 is 0.800 bits per heavy atom.